The second-order valence-corrected chi connectivity index (χ2v) is 7.48. The van der Waals surface area contributed by atoms with Crippen molar-refractivity contribution in [3.8, 4) is 0 Å². The van der Waals surface area contributed by atoms with Crippen molar-refractivity contribution in [1.29, 1.82) is 0 Å². The topological polar surface area (TPSA) is 54.7 Å². The number of nitrogens with zero attached hydrogens (tertiary/aromatic N) is 1. The molecular formula is C22H32N2O3. The number of urea groups is 1. The van der Waals surface area contributed by atoms with E-state index in [1.165, 1.54) is 0 Å². The van der Waals surface area contributed by atoms with E-state index in [0.29, 0.717) is 31.5 Å². The van der Waals surface area contributed by atoms with Gasteiger partial charge in [-0.3, -0.25) is 0 Å². The van der Waals surface area contributed by atoms with Gasteiger partial charge >= 0.3 is 6.03 Å². The van der Waals surface area contributed by atoms with E-state index in [4.69, 9.17) is 9.15 Å². The number of amides is 2. The average molecular weight is 373 g/mol. The molecule has 27 heavy (non-hydrogen) atoms. The molecule has 0 aliphatic heterocycles. The van der Waals surface area contributed by atoms with Crippen LogP contribution in [0.5, 0.6) is 0 Å². The Morgan fingerprint density at radius 1 is 1.11 bits per heavy atom. The number of hydrogen-bond acceptors (Lipinski definition) is 3. The first-order chi connectivity index (χ1) is 12.8. The summed E-state index contributed by atoms with van der Waals surface area (Å²) in [6, 6.07) is 9.91. The van der Waals surface area contributed by atoms with E-state index < -0.39 is 0 Å². The van der Waals surface area contributed by atoms with E-state index >= 15 is 0 Å². The molecule has 0 radical (unpaired) electrons. The Morgan fingerprint density at radius 3 is 2.22 bits per heavy atom. The molecule has 0 atom stereocenters. The minimum Gasteiger partial charge on any atom is -0.464 e. The number of aryl methyl sites for hydroxylation is 1. The fraction of sp³-hybridized carbons (Fsp3) is 0.500. The van der Waals surface area contributed by atoms with Crippen LogP contribution in [0.2, 0.25) is 0 Å². The monoisotopic (exact) mass is 372 g/mol. The Kier molecular flexibility index (Phi) is 7.48. The number of methoxy groups -OCH3 is 1. The molecule has 148 valence electrons. The molecule has 0 spiro atoms. The van der Waals surface area contributed by atoms with Crippen molar-refractivity contribution in [3.05, 3.63) is 53.0 Å². The molecule has 2 amide bonds. The van der Waals surface area contributed by atoms with Crippen LogP contribution in [0.3, 0.4) is 0 Å². The molecule has 1 aromatic heterocycles. The summed E-state index contributed by atoms with van der Waals surface area (Å²) in [6.45, 7) is 11.8. The zero-order chi connectivity index (χ0) is 20.0. The van der Waals surface area contributed by atoms with Gasteiger partial charge in [-0.1, -0.05) is 45.9 Å². The van der Waals surface area contributed by atoms with E-state index in [1.807, 2.05) is 19.1 Å². The zero-order valence-electron chi connectivity index (χ0n) is 17.3. The standard InChI is InChI=1S/C22H32N2O3/c1-15(2)19-8-7-9-20(16(3)4)21(19)23-22(25)24(12-13-26-6)14-18-11-10-17(5)27-18/h7-11,15-16H,12-14H2,1-6H3,(H,23,25). The van der Waals surface area contributed by atoms with Gasteiger partial charge in [0.1, 0.15) is 11.5 Å². The van der Waals surface area contributed by atoms with Gasteiger partial charge in [-0.05, 0) is 42.0 Å². The maximum Gasteiger partial charge on any atom is 0.322 e. The lowest BCUT2D eigenvalue weighted by molar-refractivity contribution is 0.149. The quantitative estimate of drug-likeness (QED) is 0.664. The summed E-state index contributed by atoms with van der Waals surface area (Å²) < 4.78 is 10.8. The SMILES string of the molecule is COCCN(Cc1ccc(C)o1)C(=O)Nc1c(C(C)C)cccc1C(C)C. The molecule has 0 aliphatic carbocycles. The van der Waals surface area contributed by atoms with Crippen LogP contribution in [0.25, 0.3) is 0 Å². The maximum atomic E-state index is 13.1. The number of benzene rings is 1. The largest absolute Gasteiger partial charge is 0.464 e. The first-order valence-electron chi connectivity index (χ1n) is 9.56. The van der Waals surface area contributed by atoms with Gasteiger partial charge in [0.05, 0.1) is 13.2 Å². The summed E-state index contributed by atoms with van der Waals surface area (Å²) in [5.41, 5.74) is 3.22. The molecule has 5 heteroatoms. The van der Waals surface area contributed by atoms with Crippen molar-refractivity contribution in [1.82, 2.24) is 4.90 Å². The molecular weight excluding hydrogens is 340 g/mol. The van der Waals surface area contributed by atoms with Crippen molar-refractivity contribution in [3.63, 3.8) is 0 Å². The number of hydrogen-bond donors (Lipinski definition) is 1. The molecule has 0 saturated heterocycles. The van der Waals surface area contributed by atoms with E-state index in [0.717, 1.165) is 28.3 Å². The van der Waals surface area contributed by atoms with Crippen molar-refractivity contribution in [2.75, 3.05) is 25.6 Å². The number of nitrogens with one attached hydrogen (secondary N) is 1. The highest BCUT2D eigenvalue weighted by Gasteiger charge is 2.20. The van der Waals surface area contributed by atoms with Crippen LogP contribution in [-0.4, -0.2) is 31.2 Å². The molecule has 5 nitrogen and oxygen atoms in total. The fourth-order valence-electron chi connectivity index (χ4n) is 3.09. The number of para-hydroxylation sites is 1. The molecule has 0 bridgehead atoms. The van der Waals surface area contributed by atoms with Gasteiger partial charge < -0.3 is 19.4 Å². The summed E-state index contributed by atoms with van der Waals surface area (Å²) >= 11 is 0. The summed E-state index contributed by atoms with van der Waals surface area (Å²) in [7, 11) is 1.64. The van der Waals surface area contributed by atoms with Crippen molar-refractivity contribution < 1.29 is 13.9 Å². The minimum atomic E-state index is -0.142. The van der Waals surface area contributed by atoms with E-state index in [-0.39, 0.29) is 6.03 Å². The van der Waals surface area contributed by atoms with Gasteiger partial charge in [-0.25, -0.2) is 4.79 Å². The highest BCUT2D eigenvalue weighted by molar-refractivity contribution is 5.91. The molecule has 1 aromatic carbocycles. The molecule has 1 heterocycles. The van der Waals surface area contributed by atoms with Crippen LogP contribution in [0, 0.1) is 6.92 Å². The third-order valence-corrected chi connectivity index (χ3v) is 4.60. The Balaban J connectivity index is 2.28. The summed E-state index contributed by atoms with van der Waals surface area (Å²) in [4.78, 5) is 14.8. The lowest BCUT2D eigenvalue weighted by Gasteiger charge is -2.25. The average Bonchev–Trinajstić information content (AvgIpc) is 3.03. The molecule has 0 unspecified atom stereocenters. The number of rotatable bonds is 8. The number of furan rings is 1. The first kappa shape index (κ1) is 21.0. The summed E-state index contributed by atoms with van der Waals surface area (Å²) in [6.07, 6.45) is 0. The highest BCUT2D eigenvalue weighted by atomic mass is 16.5. The number of carbonyl (C=O) groups excluding carboxylic acids is 1. The Hall–Kier alpha value is -2.27. The van der Waals surface area contributed by atoms with Crippen LogP contribution in [0.1, 0.15) is 62.2 Å². The molecule has 0 aliphatic rings. The minimum absolute atomic E-state index is 0.142. The van der Waals surface area contributed by atoms with Gasteiger partial charge in [0.2, 0.25) is 0 Å². The zero-order valence-corrected chi connectivity index (χ0v) is 17.3. The van der Waals surface area contributed by atoms with Crippen molar-refractivity contribution >= 4 is 11.7 Å². The molecule has 1 N–H and O–H groups in total. The Labute approximate surface area is 162 Å². The van der Waals surface area contributed by atoms with Gasteiger partial charge in [-0.2, -0.15) is 0 Å². The normalized spacial score (nSPS) is 11.3. The number of ether oxygens (including phenoxy) is 1. The fourth-order valence-corrected chi connectivity index (χ4v) is 3.09. The molecule has 0 fully saturated rings. The van der Waals surface area contributed by atoms with E-state index in [1.54, 1.807) is 12.0 Å². The van der Waals surface area contributed by atoms with Gasteiger partial charge in [0.25, 0.3) is 0 Å². The predicted octanol–water partition coefficient (Wildman–Crippen LogP) is 5.52. The van der Waals surface area contributed by atoms with Crippen LogP contribution >= 0.6 is 0 Å². The lowest BCUT2D eigenvalue weighted by atomic mass is 9.93. The predicted molar refractivity (Wildman–Crippen MR) is 109 cm³/mol. The van der Waals surface area contributed by atoms with E-state index in [9.17, 15) is 4.79 Å². The van der Waals surface area contributed by atoms with Gasteiger partial charge in [0, 0.05) is 19.3 Å². The van der Waals surface area contributed by atoms with Crippen LogP contribution in [0.15, 0.2) is 34.7 Å². The van der Waals surface area contributed by atoms with Crippen molar-refractivity contribution in [2.24, 2.45) is 0 Å². The van der Waals surface area contributed by atoms with Crippen LogP contribution in [-0.2, 0) is 11.3 Å². The second kappa shape index (κ2) is 9.60. The lowest BCUT2D eigenvalue weighted by Crippen LogP contribution is -2.37. The first-order valence-corrected chi connectivity index (χ1v) is 9.56. The van der Waals surface area contributed by atoms with Crippen LogP contribution in [0.4, 0.5) is 10.5 Å². The number of carbonyl (C=O) groups is 1. The number of anilines is 1. The third-order valence-electron chi connectivity index (χ3n) is 4.60. The summed E-state index contributed by atoms with van der Waals surface area (Å²) in [5, 5.41) is 3.17. The van der Waals surface area contributed by atoms with Crippen molar-refractivity contribution in [2.45, 2.75) is 53.0 Å². The second-order valence-electron chi connectivity index (χ2n) is 7.48. The van der Waals surface area contributed by atoms with Gasteiger partial charge in [0.15, 0.2) is 0 Å². The molecule has 2 rings (SSSR count). The highest BCUT2D eigenvalue weighted by Crippen LogP contribution is 2.32. The third kappa shape index (κ3) is 5.60. The smallest absolute Gasteiger partial charge is 0.322 e. The maximum absolute atomic E-state index is 13.1. The Morgan fingerprint density at radius 2 is 1.74 bits per heavy atom. The summed E-state index contributed by atoms with van der Waals surface area (Å²) in [5.74, 6) is 2.24. The molecule has 2 aromatic rings. The van der Waals surface area contributed by atoms with E-state index in [2.05, 4.69) is 51.2 Å². The molecule has 0 saturated carbocycles. The van der Waals surface area contributed by atoms with Crippen LogP contribution < -0.4 is 5.32 Å². The van der Waals surface area contributed by atoms with Gasteiger partial charge in [-0.15, -0.1) is 0 Å². The Bertz CT molecular complexity index is 724.